The average Bonchev–Trinajstić information content (AvgIpc) is 2.93. The smallest absolute Gasteiger partial charge is 0.0514 e. The first-order chi connectivity index (χ1) is 7.16. The van der Waals surface area contributed by atoms with Crippen LogP contribution in [0.4, 0.5) is 5.69 Å². The van der Waals surface area contributed by atoms with Crippen LogP contribution in [0.3, 0.4) is 0 Å². The highest BCUT2D eigenvalue weighted by Gasteiger charge is 2.20. The van der Waals surface area contributed by atoms with Crippen LogP contribution < -0.4 is 5.32 Å². The van der Waals surface area contributed by atoms with Gasteiger partial charge in [-0.3, -0.25) is 0 Å². The molecule has 0 bridgehead atoms. The maximum Gasteiger partial charge on any atom is 0.0514 e. The van der Waals surface area contributed by atoms with Crippen LogP contribution in [0.2, 0.25) is 0 Å². The van der Waals surface area contributed by atoms with E-state index in [0.29, 0.717) is 0 Å². The lowest BCUT2D eigenvalue weighted by atomic mass is 10.1. The Balaban J connectivity index is 1.99. The molecule has 0 aromatic heterocycles. The van der Waals surface area contributed by atoms with Crippen molar-refractivity contribution in [2.24, 2.45) is 5.92 Å². The molecule has 1 aliphatic carbocycles. The van der Waals surface area contributed by atoms with E-state index in [2.05, 4.69) is 47.2 Å². The van der Waals surface area contributed by atoms with Crippen molar-refractivity contribution in [1.82, 2.24) is 0 Å². The van der Waals surface area contributed by atoms with E-state index in [4.69, 9.17) is 0 Å². The Bertz CT molecular complexity index is 333. The summed E-state index contributed by atoms with van der Waals surface area (Å²) in [4.78, 5) is 0. The molecule has 0 aliphatic heterocycles. The first-order valence-electron chi connectivity index (χ1n) is 5.67. The van der Waals surface area contributed by atoms with Crippen LogP contribution in [-0.2, 0) is 0 Å². The molecule has 0 atom stereocenters. The predicted molar refractivity (Wildman–Crippen MR) is 69.4 cm³/mol. The summed E-state index contributed by atoms with van der Waals surface area (Å²) in [5.41, 5.74) is 3.91. The van der Waals surface area contributed by atoms with E-state index in [1.54, 1.807) is 0 Å². The average molecular weight is 268 g/mol. The zero-order chi connectivity index (χ0) is 10.8. The van der Waals surface area contributed by atoms with E-state index in [1.165, 1.54) is 40.5 Å². The summed E-state index contributed by atoms with van der Waals surface area (Å²) in [5, 5.41) is 3.53. The fourth-order valence-corrected chi connectivity index (χ4v) is 2.76. The number of hydrogen-bond donors (Lipinski definition) is 1. The largest absolute Gasteiger partial charge is 0.384 e. The van der Waals surface area contributed by atoms with Gasteiger partial charge in [0.25, 0.3) is 0 Å². The molecule has 0 amide bonds. The molecule has 1 aromatic carbocycles. The highest BCUT2D eigenvalue weighted by atomic mass is 79.9. The minimum Gasteiger partial charge on any atom is -0.384 e. The van der Waals surface area contributed by atoms with Crippen LogP contribution in [0.1, 0.15) is 30.4 Å². The van der Waals surface area contributed by atoms with Crippen LogP contribution in [-0.4, -0.2) is 6.54 Å². The zero-order valence-corrected chi connectivity index (χ0v) is 11.0. The third-order valence-electron chi connectivity index (χ3n) is 2.98. The summed E-state index contributed by atoms with van der Waals surface area (Å²) in [6.07, 6.45) is 4.20. The maximum atomic E-state index is 3.62. The van der Waals surface area contributed by atoms with Gasteiger partial charge in [-0.2, -0.15) is 0 Å². The van der Waals surface area contributed by atoms with E-state index in [9.17, 15) is 0 Å². The van der Waals surface area contributed by atoms with E-state index < -0.39 is 0 Å². The molecule has 1 nitrogen and oxygen atoms in total. The molecule has 1 aromatic rings. The number of halogens is 1. The van der Waals surface area contributed by atoms with Crippen molar-refractivity contribution in [3.63, 3.8) is 0 Å². The van der Waals surface area contributed by atoms with Crippen LogP contribution in [0.25, 0.3) is 0 Å². The zero-order valence-electron chi connectivity index (χ0n) is 9.44. The quantitative estimate of drug-likeness (QED) is 0.859. The van der Waals surface area contributed by atoms with Gasteiger partial charge in [0.05, 0.1) is 5.69 Å². The first kappa shape index (κ1) is 11.0. The Kier molecular flexibility index (Phi) is 3.35. The molecule has 0 radical (unpaired) electrons. The van der Waals surface area contributed by atoms with Crippen molar-refractivity contribution >= 4 is 21.6 Å². The molecule has 0 heterocycles. The topological polar surface area (TPSA) is 12.0 Å². The molecule has 15 heavy (non-hydrogen) atoms. The van der Waals surface area contributed by atoms with Crippen molar-refractivity contribution in [3.8, 4) is 0 Å². The minimum absolute atomic E-state index is 1.00. The fourth-order valence-electron chi connectivity index (χ4n) is 1.95. The maximum absolute atomic E-state index is 3.62. The van der Waals surface area contributed by atoms with Crippen LogP contribution in [0.15, 0.2) is 16.6 Å². The number of aryl methyl sites for hydroxylation is 2. The summed E-state index contributed by atoms with van der Waals surface area (Å²) < 4.78 is 1.19. The molecule has 1 fully saturated rings. The molecule has 1 N–H and O–H groups in total. The third kappa shape index (κ3) is 2.97. The lowest BCUT2D eigenvalue weighted by Crippen LogP contribution is -2.04. The molecule has 0 saturated heterocycles. The molecular formula is C13H18BrN. The minimum atomic E-state index is 1.00. The van der Waals surface area contributed by atoms with Crippen molar-refractivity contribution in [2.45, 2.75) is 33.1 Å². The van der Waals surface area contributed by atoms with Crippen LogP contribution in [0, 0.1) is 19.8 Å². The van der Waals surface area contributed by atoms with Gasteiger partial charge in [0.15, 0.2) is 0 Å². The van der Waals surface area contributed by atoms with Gasteiger partial charge < -0.3 is 5.32 Å². The first-order valence-corrected chi connectivity index (χ1v) is 6.46. The second-order valence-electron chi connectivity index (χ2n) is 4.60. The monoisotopic (exact) mass is 267 g/mol. The number of benzene rings is 1. The molecule has 1 aliphatic rings. The van der Waals surface area contributed by atoms with Crippen LogP contribution in [0.5, 0.6) is 0 Å². The second kappa shape index (κ2) is 4.56. The van der Waals surface area contributed by atoms with Crippen molar-refractivity contribution in [3.05, 3.63) is 27.7 Å². The van der Waals surface area contributed by atoms with Gasteiger partial charge in [0.2, 0.25) is 0 Å². The summed E-state index contributed by atoms with van der Waals surface area (Å²) in [5.74, 6) is 1.00. The second-order valence-corrected chi connectivity index (χ2v) is 5.45. The molecule has 0 unspecified atom stereocenters. The predicted octanol–water partition coefficient (Wildman–Crippen LogP) is 4.28. The normalized spacial score (nSPS) is 15.4. The van der Waals surface area contributed by atoms with E-state index in [0.717, 1.165) is 12.5 Å². The lowest BCUT2D eigenvalue weighted by Gasteiger charge is -2.12. The Hall–Kier alpha value is -0.500. The molecule has 82 valence electrons. The Morgan fingerprint density at radius 2 is 2.07 bits per heavy atom. The summed E-state index contributed by atoms with van der Waals surface area (Å²) in [6, 6.07) is 4.40. The molecule has 2 heteroatoms. The number of nitrogens with one attached hydrogen (secondary N) is 1. The number of rotatable bonds is 4. The highest BCUT2D eigenvalue weighted by molar-refractivity contribution is 9.10. The van der Waals surface area contributed by atoms with E-state index in [-0.39, 0.29) is 0 Å². The Morgan fingerprint density at radius 1 is 1.33 bits per heavy atom. The Labute approximate surface area is 100 Å². The lowest BCUT2D eigenvalue weighted by molar-refractivity contribution is 0.759. The van der Waals surface area contributed by atoms with Crippen molar-refractivity contribution < 1.29 is 0 Å². The number of hydrogen-bond acceptors (Lipinski definition) is 1. The van der Waals surface area contributed by atoms with E-state index >= 15 is 0 Å². The molecule has 0 spiro atoms. The Morgan fingerprint density at radius 3 is 2.67 bits per heavy atom. The van der Waals surface area contributed by atoms with Gasteiger partial charge in [-0.05, 0) is 59.3 Å². The van der Waals surface area contributed by atoms with Gasteiger partial charge in [-0.25, -0.2) is 0 Å². The van der Waals surface area contributed by atoms with Gasteiger partial charge in [-0.15, -0.1) is 0 Å². The van der Waals surface area contributed by atoms with E-state index in [1.807, 2.05) is 0 Å². The third-order valence-corrected chi connectivity index (χ3v) is 3.61. The SMILES string of the molecule is Cc1cc(C)c(NCCC2CC2)c(Br)c1. The summed E-state index contributed by atoms with van der Waals surface area (Å²) in [6.45, 7) is 5.40. The molecular weight excluding hydrogens is 250 g/mol. The summed E-state index contributed by atoms with van der Waals surface area (Å²) in [7, 11) is 0. The van der Waals surface area contributed by atoms with Crippen LogP contribution >= 0.6 is 15.9 Å². The summed E-state index contributed by atoms with van der Waals surface area (Å²) >= 11 is 3.62. The highest BCUT2D eigenvalue weighted by Crippen LogP contribution is 2.33. The van der Waals surface area contributed by atoms with Crippen molar-refractivity contribution in [2.75, 3.05) is 11.9 Å². The fraction of sp³-hybridized carbons (Fsp3) is 0.538. The van der Waals surface area contributed by atoms with Gasteiger partial charge in [0.1, 0.15) is 0 Å². The molecule has 1 saturated carbocycles. The standard InChI is InChI=1S/C13H18BrN/c1-9-7-10(2)13(12(14)8-9)15-6-5-11-3-4-11/h7-8,11,15H,3-6H2,1-2H3. The van der Waals surface area contributed by atoms with Crippen molar-refractivity contribution in [1.29, 1.82) is 0 Å². The van der Waals surface area contributed by atoms with Gasteiger partial charge in [-0.1, -0.05) is 18.9 Å². The number of anilines is 1. The van der Waals surface area contributed by atoms with Gasteiger partial charge in [0, 0.05) is 11.0 Å². The van der Waals surface area contributed by atoms with Gasteiger partial charge >= 0.3 is 0 Å². The molecule has 2 rings (SSSR count).